The average Bonchev–Trinajstić information content (AvgIpc) is 3.25. The fourth-order valence-electron chi connectivity index (χ4n) is 2.78. The molecule has 130 valence electrons. The molecule has 1 atom stereocenters. The van der Waals surface area contributed by atoms with E-state index in [1.165, 1.54) is 0 Å². The maximum absolute atomic E-state index is 12.4. The van der Waals surface area contributed by atoms with E-state index >= 15 is 0 Å². The molecule has 1 aliphatic rings. The summed E-state index contributed by atoms with van der Waals surface area (Å²) in [6.45, 7) is 0.734. The third-order valence-electron chi connectivity index (χ3n) is 4.15. The first-order chi connectivity index (χ1) is 12.1. The number of anilines is 1. The van der Waals surface area contributed by atoms with Gasteiger partial charge < -0.3 is 20.0 Å². The molecule has 2 heterocycles. The second-order valence-corrected chi connectivity index (χ2v) is 5.90. The minimum Gasteiger partial charge on any atom is -0.467 e. The van der Waals surface area contributed by atoms with Crippen LogP contribution in [-0.2, 0) is 16.1 Å². The van der Waals surface area contributed by atoms with Crippen LogP contribution in [0.4, 0.5) is 5.69 Å². The highest BCUT2D eigenvalue weighted by Gasteiger charge is 2.34. The lowest BCUT2D eigenvalue weighted by molar-refractivity contribution is -0.128. The Kier molecular flexibility index (Phi) is 4.83. The molecule has 1 aromatic heterocycles. The summed E-state index contributed by atoms with van der Waals surface area (Å²) in [6, 6.07) is 10.2. The first-order valence-corrected chi connectivity index (χ1v) is 8.00. The maximum Gasteiger partial charge on any atom is 0.251 e. The minimum absolute atomic E-state index is 0.0634. The molecule has 7 heteroatoms. The SMILES string of the molecule is CNC(=O)c1ccc(NC(=O)C2CC(=O)N(Cc3ccco3)C2)cc1. The predicted molar refractivity (Wildman–Crippen MR) is 90.7 cm³/mol. The zero-order valence-corrected chi connectivity index (χ0v) is 13.8. The highest BCUT2D eigenvalue weighted by molar-refractivity contribution is 5.98. The molecule has 7 nitrogen and oxygen atoms in total. The van der Waals surface area contributed by atoms with Crippen LogP contribution in [0.25, 0.3) is 0 Å². The molecule has 2 N–H and O–H groups in total. The number of nitrogens with zero attached hydrogens (tertiary/aromatic N) is 1. The normalized spacial score (nSPS) is 16.8. The van der Waals surface area contributed by atoms with Crippen molar-refractivity contribution in [1.29, 1.82) is 0 Å². The van der Waals surface area contributed by atoms with Crippen molar-refractivity contribution in [3.05, 3.63) is 54.0 Å². The Hall–Kier alpha value is -3.09. The van der Waals surface area contributed by atoms with Crippen molar-refractivity contribution in [3.8, 4) is 0 Å². The monoisotopic (exact) mass is 341 g/mol. The number of rotatable bonds is 5. The van der Waals surface area contributed by atoms with Gasteiger partial charge in [0.1, 0.15) is 5.76 Å². The molecule has 1 saturated heterocycles. The van der Waals surface area contributed by atoms with Crippen LogP contribution < -0.4 is 10.6 Å². The third-order valence-corrected chi connectivity index (χ3v) is 4.15. The summed E-state index contributed by atoms with van der Waals surface area (Å²) in [5.74, 6) is -0.164. The van der Waals surface area contributed by atoms with Crippen molar-refractivity contribution < 1.29 is 18.8 Å². The summed E-state index contributed by atoms with van der Waals surface area (Å²) in [5, 5.41) is 5.33. The van der Waals surface area contributed by atoms with E-state index in [0.717, 1.165) is 0 Å². The van der Waals surface area contributed by atoms with Crippen LogP contribution in [0, 0.1) is 5.92 Å². The molecule has 0 radical (unpaired) electrons. The van der Waals surface area contributed by atoms with Gasteiger partial charge in [0.05, 0.1) is 18.7 Å². The molecule has 0 aliphatic carbocycles. The molecule has 1 aromatic carbocycles. The molecule has 3 rings (SSSR count). The Balaban J connectivity index is 1.58. The summed E-state index contributed by atoms with van der Waals surface area (Å²) in [4.78, 5) is 37.6. The fourth-order valence-corrected chi connectivity index (χ4v) is 2.78. The number of amides is 3. The lowest BCUT2D eigenvalue weighted by Crippen LogP contribution is -2.27. The predicted octanol–water partition coefficient (Wildman–Crippen LogP) is 1.63. The van der Waals surface area contributed by atoms with Crippen molar-refractivity contribution in [1.82, 2.24) is 10.2 Å². The molecule has 1 aliphatic heterocycles. The first kappa shape index (κ1) is 16.8. The summed E-state index contributed by atoms with van der Waals surface area (Å²) >= 11 is 0. The van der Waals surface area contributed by atoms with Gasteiger partial charge in [-0.05, 0) is 36.4 Å². The van der Waals surface area contributed by atoms with Crippen LogP contribution in [0.2, 0.25) is 0 Å². The molecule has 3 amide bonds. The Morgan fingerprint density at radius 1 is 1.24 bits per heavy atom. The van der Waals surface area contributed by atoms with Gasteiger partial charge in [-0.3, -0.25) is 14.4 Å². The second kappa shape index (κ2) is 7.21. The highest BCUT2D eigenvalue weighted by atomic mass is 16.3. The molecule has 2 aromatic rings. The fraction of sp³-hybridized carbons (Fsp3) is 0.278. The molecule has 25 heavy (non-hydrogen) atoms. The summed E-state index contributed by atoms with van der Waals surface area (Å²) in [5.41, 5.74) is 1.11. The molecule has 1 unspecified atom stereocenters. The van der Waals surface area contributed by atoms with Crippen LogP contribution in [-0.4, -0.2) is 36.2 Å². The van der Waals surface area contributed by atoms with Gasteiger partial charge in [-0.1, -0.05) is 0 Å². The number of carbonyl (C=O) groups is 3. The van der Waals surface area contributed by atoms with Gasteiger partial charge in [0.25, 0.3) is 5.91 Å². The standard InChI is InChI=1S/C18H19N3O4/c1-19-17(23)12-4-6-14(7-5-12)20-18(24)13-9-16(22)21(10-13)11-15-3-2-8-25-15/h2-8,13H,9-11H2,1H3,(H,19,23)(H,20,24). The topological polar surface area (TPSA) is 91.7 Å². The smallest absolute Gasteiger partial charge is 0.251 e. The van der Waals surface area contributed by atoms with Crippen LogP contribution >= 0.6 is 0 Å². The zero-order chi connectivity index (χ0) is 17.8. The minimum atomic E-state index is -0.402. The third kappa shape index (κ3) is 3.88. The van der Waals surface area contributed by atoms with E-state index < -0.39 is 5.92 Å². The molecule has 0 spiro atoms. The van der Waals surface area contributed by atoms with Gasteiger partial charge in [-0.2, -0.15) is 0 Å². The van der Waals surface area contributed by atoms with Crippen LogP contribution in [0.1, 0.15) is 22.5 Å². The van der Waals surface area contributed by atoms with Gasteiger partial charge in [0.15, 0.2) is 0 Å². The molecule has 1 fully saturated rings. The second-order valence-electron chi connectivity index (χ2n) is 5.90. The van der Waals surface area contributed by atoms with E-state index in [2.05, 4.69) is 10.6 Å². The summed E-state index contributed by atoms with van der Waals surface area (Å²) in [7, 11) is 1.56. The maximum atomic E-state index is 12.4. The van der Waals surface area contributed by atoms with Gasteiger partial charge in [0, 0.05) is 31.3 Å². The van der Waals surface area contributed by atoms with Crippen molar-refractivity contribution in [3.63, 3.8) is 0 Å². The zero-order valence-electron chi connectivity index (χ0n) is 13.8. The summed E-state index contributed by atoms with van der Waals surface area (Å²) in [6.07, 6.45) is 1.74. The number of nitrogens with one attached hydrogen (secondary N) is 2. The lowest BCUT2D eigenvalue weighted by atomic mass is 10.1. The van der Waals surface area contributed by atoms with Crippen LogP contribution in [0.3, 0.4) is 0 Å². The lowest BCUT2D eigenvalue weighted by Gasteiger charge is -2.15. The van der Waals surface area contributed by atoms with Crippen molar-refractivity contribution in [2.24, 2.45) is 5.92 Å². The van der Waals surface area contributed by atoms with E-state index in [0.29, 0.717) is 30.1 Å². The number of furan rings is 1. The summed E-state index contributed by atoms with van der Waals surface area (Å²) < 4.78 is 5.25. The molecule has 0 saturated carbocycles. The molecular weight excluding hydrogens is 322 g/mol. The Morgan fingerprint density at radius 2 is 2.00 bits per heavy atom. The quantitative estimate of drug-likeness (QED) is 0.864. The van der Waals surface area contributed by atoms with E-state index in [-0.39, 0.29) is 24.1 Å². The number of carbonyl (C=O) groups excluding carboxylic acids is 3. The molecular formula is C18H19N3O4. The van der Waals surface area contributed by atoms with Crippen LogP contribution in [0.15, 0.2) is 47.1 Å². The number of hydrogen-bond acceptors (Lipinski definition) is 4. The number of likely N-dealkylation sites (tertiary alicyclic amines) is 1. The van der Waals surface area contributed by atoms with E-state index in [4.69, 9.17) is 4.42 Å². The number of hydrogen-bond donors (Lipinski definition) is 2. The van der Waals surface area contributed by atoms with E-state index in [1.807, 2.05) is 0 Å². The van der Waals surface area contributed by atoms with Gasteiger partial charge in [-0.15, -0.1) is 0 Å². The van der Waals surface area contributed by atoms with Crippen molar-refractivity contribution >= 4 is 23.4 Å². The largest absolute Gasteiger partial charge is 0.467 e. The number of benzene rings is 1. The van der Waals surface area contributed by atoms with Crippen molar-refractivity contribution in [2.75, 3.05) is 18.9 Å². The highest BCUT2D eigenvalue weighted by Crippen LogP contribution is 2.22. The Bertz CT molecular complexity index is 768. The van der Waals surface area contributed by atoms with Gasteiger partial charge >= 0.3 is 0 Å². The average molecular weight is 341 g/mol. The Morgan fingerprint density at radius 3 is 2.64 bits per heavy atom. The van der Waals surface area contributed by atoms with Gasteiger partial charge in [0.2, 0.25) is 11.8 Å². The molecule has 0 bridgehead atoms. The first-order valence-electron chi connectivity index (χ1n) is 8.00. The van der Waals surface area contributed by atoms with Crippen LogP contribution in [0.5, 0.6) is 0 Å². The van der Waals surface area contributed by atoms with Crippen molar-refractivity contribution in [2.45, 2.75) is 13.0 Å². The van der Waals surface area contributed by atoms with E-state index in [9.17, 15) is 14.4 Å². The Labute approximate surface area is 145 Å². The van der Waals surface area contributed by atoms with E-state index in [1.54, 1.807) is 54.6 Å². The van der Waals surface area contributed by atoms with Gasteiger partial charge in [-0.25, -0.2) is 0 Å².